The molecule has 0 unspecified atom stereocenters. The Morgan fingerprint density at radius 3 is 1.88 bits per heavy atom. The minimum atomic E-state index is -1.90. The maximum absolute atomic E-state index is 13.3. The highest BCUT2D eigenvalue weighted by molar-refractivity contribution is 5.33. The number of allylic oxidation sites excluding steroid dienone is 2. The van der Waals surface area contributed by atoms with Crippen molar-refractivity contribution in [1.29, 1.82) is 0 Å². The first-order valence-electron chi connectivity index (χ1n) is 4.60. The zero-order chi connectivity index (χ0) is 12.3. The second kappa shape index (κ2) is 5.12. The van der Waals surface area contributed by atoms with Crippen molar-refractivity contribution in [1.82, 2.24) is 0 Å². The molecule has 88 valence electrons. The number of rotatable bonds is 3. The van der Waals surface area contributed by atoms with Crippen molar-refractivity contribution >= 4 is 0 Å². The van der Waals surface area contributed by atoms with Crippen LogP contribution in [0.15, 0.2) is 12.2 Å². The number of hydrogen-bond acceptors (Lipinski definition) is 1. The lowest BCUT2D eigenvalue weighted by atomic mass is 10.0. The van der Waals surface area contributed by atoms with Crippen molar-refractivity contribution < 1.29 is 22.7 Å². The molecule has 0 saturated heterocycles. The van der Waals surface area contributed by atoms with Gasteiger partial charge in [-0.2, -0.15) is 0 Å². The standard InChI is InChI=1S/C11H10F4O/c1-2-3-4-6-7(5-16)9(13)11(15)10(14)8(6)12/h2-3,16H,4-5H2,1H3. The number of benzene rings is 1. The summed E-state index contributed by atoms with van der Waals surface area (Å²) in [5, 5.41) is 8.82. The van der Waals surface area contributed by atoms with Crippen LogP contribution in [-0.2, 0) is 13.0 Å². The van der Waals surface area contributed by atoms with Crippen LogP contribution >= 0.6 is 0 Å². The van der Waals surface area contributed by atoms with E-state index in [0.717, 1.165) is 0 Å². The van der Waals surface area contributed by atoms with Crippen molar-refractivity contribution in [2.24, 2.45) is 0 Å². The number of aliphatic hydroxyl groups is 1. The molecule has 16 heavy (non-hydrogen) atoms. The van der Waals surface area contributed by atoms with Gasteiger partial charge in [-0.25, -0.2) is 17.6 Å². The van der Waals surface area contributed by atoms with Crippen LogP contribution in [0.25, 0.3) is 0 Å². The summed E-state index contributed by atoms with van der Waals surface area (Å²) in [5.74, 6) is -6.75. The first-order chi connectivity index (χ1) is 7.54. The SMILES string of the molecule is CC=CCc1c(F)c(F)c(F)c(F)c1CO. The van der Waals surface area contributed by atoms with Crippen molar-refractivity contribution in [3.63, 3.8) is 0 Å². The number of hydrogen-bond donors (Lipinski definition) is 1. The summed E-state index contributed by atoms with van der Waals surface area (Å²) in [6, 6.07) is 0. The highest BCUT2D eigenvalue weighted by atomic mass is 19.2. The molecule has 0 saturated carbocycles. The van der Waals surface area contributed by atoms with Crippen LogP contribution in [-0.4, -0.2) is 5.11 Å². The first-order valence-corrected chi connectivity index (χ1v) is 4.60. The summed E-state index contributed by atoms with van der Waals surface area (Å²) < 4.78 is 52.2. The zero-order valence-corrected chi connectivity index (χ0v) is 8.53. The Balaban J connectivity index is 3.44. The molecule has 0 aliphatic rings. The Morgan fingerprint density at radius 2 is 1.44 bits per heavy atom. The lowest BCUT2D eigenvalue weighted by molar-refractivity contribution is 0.268. The third-order valence-electron chi connectivity index (χ3n) is 2.19. The van der Waals surface area contributed by atoms with Gasteiger partial charge in [-0.15, -0.1) is 0 Å². The lowest BCUT2D eigenvalue weighted by Crippen LogP contribution is -2.08. The fraction of sp³-hybridized carbons (Fsp3) is 0.273. The second-order valence-corrected chi connectivity index (χ2v) is 3.14. The van der Waals surface area contributed by atoms with Gasteiger partial charge >= 0.3 is 0 Å². The van der Waals surface area contributed by atoms with Crippen molar-refractivity contribution in [2.45, 2.75) is 20.0 Å². The molecule has 1 aromatic rings. The monoisotopic (exact) mass is 234 g/mol. The molecule has 0 bridgehead atoms. The molecule has 0 fully saturated rings. The minimum absolute atomic E-state index is 0.105. The summed E-state index contributed by atoms with van der Waals surface area (Å²) in [5.41, 5.74) is -0.911. The summed E-state index contributed by atoms with van der Waals surface area (Å²) in [6.45, 7) is 0.763. The van der Waals surface area contributed by atoms with Crippen molar-refractivity contribution in [2.75, 3.05) is 0 Å². The zero-order valence-electron chi connectivity index (χ0n) is 8.53. The summed E-state index contributed by atoms with van der Waals surface area (Å²) in [6.07, 6.45) is 2.90. The van der Waals surface area contributed by atoms with Crippen LogP contribution in [0.4, 0.5) is 17.6 Å². The Kier molecular flexibility index (Phi) is 4.06. The maximum atomic E-state index is 13.3. The summed E-state index contributed by atoms with van der Waals surface area (Å²) in [4.78, 5) is 0. The smallest absolute Gasteiger partial charge is 0.197 e. The largest absolute Gasteiger partial charge is 0.392 e. The fourth-order valence-corrected chi connectivity index (χ4v) is 1.34. The summed E-state index contributed by atoms with van der Waals surface area (Å²) >= 11 is 0. The molecular weight excluding hydrogens is 224 g/mol. The quantitative estimate of drug-likeness (QED) is 0.369. The van der Waals surface area contributed by atoms with Crippen LogP contribution in [0, 0.1) is 23.3 Å². The highest BCUT2D eigenvalue weighted by Crippen LogP contribution is 2.24. The van der Waals surface area contributed by atoms with E-state index in [1.807, 2.05) is 0 Å². The van der Waals surface area contributed by atoms with E-state index in [0.29, 0.717) is 0 Å². The van der Waals surface area contributed by atoms with Gasteiger partial charge in [0, 0.05) is 11.1 Å². The molecule has 1 aromatic carbocycles. The van der Waals surface area contributed by atoms with E-state index in [2.05, 4.69) is 0 Å². The van der Waals surface area contributed by atoms with Crippen LogP contribution in [0.1, 0.15) is 18.1 Å². The van der Waals surface area contributed by atoms with E-state index >= 15 is 0 Å². The average molecular weight is 234 g/mol. The first kappa shape index (κ1) is 12.7. The molecule has 0 heterocycles. The second-order valence-electron chi connectivity index (χ2n) is 3.14. The van der Waals surface area contributed by atoms with Crippen LogP contribution in [0.2, 0.25) is 0 Å². The van der Waals surface area contributed by atoms with E-state index in [4.69, 9.17) is 5.11 Å². The van der Waals surface area contributed by atoms with Crippen molar-refractivity contribution in [3.05, 3.63) is 46.5 Å². The van der Waals surface area contributed by atoms with Gasteiger partial charge in [0.2, 0.25) is 0 Å². The van der Waals surface area contributed by atoms with E-state index in [1.54, 1.807) is 13.0 Å². The molecule has 5 heteroatoms. The van der Waals surface area contributed by atoms with Gasteiger partial charge in [-0.05, 0) is 13.3 Å². The Hall–Kier alpha value is -1.36. The molecule has 0 radical (unpaired) electrons. The van der Waals surface area contributed by atoms with E-state index < -0.39 is 35.4 Å². The Morgan fingerprint density at radius 1 is 0.938 bits per heavy atom. The summed E-state index contributed by atoms with van der Waals surface area (Å²) in [7, 11) is 0. The molecular formula is C11H10F4O. The Labute approximate surface area is 90.0 Å². The molecule has 1 nitrogen and oxygen atoms in total. The number of aliphatic hydroxyl groups excluding tert-OH is 1. The fourth-order valence-electron chi connectivity index (χ4n) is 1.34. The molecule has 0 atom stereocenters. The Bertz CT molecular complexity index is 427. The molecule has 0 aliphatic carbocycles. The number of halogens is 4. The van der Waals surface area contributed by atoms with Gasteiger partial charge < -0.3 is 5.11 Å². The van der Waals surface area contributed by atoms with Crippen LogP contribution in [0.3, 0.4) is 0 Å². The predicted molar refractivity (Wildman–Crippen MR) is 50.7 cm³/mol. The molecule has 0 amide bonds. The van der Waals surface area contributed by atoms with Crippen LogP contribution in [0.5, 0.6) is 0 Å². The average Bonchev–Trinajstić information content (AvgIpc) is 2.29. The van der Waals surface area contributed by atoms with Gasteiger partial charge in [0.1, 0.15) is 0 Å². The molecule has 1 rings (SSSR count). The van der Waals surface area contributed by atoms with E-state index in [-0.39, 0.29) is 12.0 Å². The molecule has 0 spiro atoms. The normalized spacial score (nSPS) is 11.4. The molecule has 0 aromatic heterocycles. The van der Waals surface area contributed by atoms with E-state index in [1.165, 1.54) is 6.08 Å². The maximum Gasteiger partial charge on any atom is 0.197 e. The molecule has 0 aliphatic heterocycles. The third-order valence-corrected chi connectivity index (χ3v) is 2.19. The van der Waals surface area contributed by atoms with Gasteiger partial charge in [-0.1, -0.05) is 12.2 Å². The third kappa shape index (κ3) is 2.09. The van der Waals surface area contributed by atoms with Gasteiger partial charge in [0.15, 0.2) is 23.3 Å². The van der Waals surface area contributed by atoms with Gasteiger partial charge in [0.05, 0.1) is 6.61 Å². The minimum Gasteiger partial charge on any atom is -0.392 e. The predicted octanol–water partition coefficient (Wildman–Crippen LogP) is 2.85. The highest BCUT2D eigenvalue weighted by Gasteiger charge is 2.23. The lowest BCUT2D eigenvalue weighted by Gasteiger charge is -2.10. The van der Waals surface area contributed by atoms with Gasteiger partial charge in [-0.3, -0.25) is 0 Å². The van der Waals surface area contributed by atoms with Crippen molar-refractivity contribution in [3.8, 4) is 0 Å². The van der Waals surface area contributed by atoms with Gasteiger partial charge in [0.25, 0.3) is 0 Å². The molecule has 1 N–H and O–H groups in total. The van der Waals surface area contributed by atoms with Crippen LogP contribution < -0.4 is 0 Å². The van der Waals surface area contributed by atoms with E-state index in [9.17, 15) is 17.6 Å². The topological polar surface area (TPSA) is 20.2 Å².